The van der Waals surface area contributed by atoms with E-state index in [1.54, 1.807) is 0 Å². The van der Waals surface area contributed by atoms with E-state index in [1.165, 1.54) is 132 Å². The van der Waals surface area contributed by atoms with E-state index in [2.05, 4.69) is 160 Å². The third-order valence-corrected chi connectivity index (χ3v) is 11.7. The Morgan fingerprint density at radius 2 is 0.720 bits per heavy atom. The lowest BCUT2D eigenvalue weighted by molar-refractivity contribution is 1.32. The molecule has 0 amide bonds. The minimum atomic E-state index is 1.27. The maximum Gasteiger partial charge on any atom is 0.0626 e. The molecule has 0 aliphatic carbocycles. The molecule has 0 atom stereocenters. The summed E-state index contributed by atoms with van der Waals surface area (Å²) in [5.41, 5.74) is 21.1. The SMILES string of the molecule is Cc1cc(C)c(-c2ccc3c4cc5c(cc4n4c6ccccc6c2c34)c2ccc(-c3c(C)cc(C)cc3C)c3c4ccccc4n5c23)c(C)c1. The van der Waals surface area contributed by atoms with Gasteiger partial charge < -0.3 is 8.80 Å². The quantitative estimate of drug-likeness (QED) is 0.178. The Bertz CT molecular complexity index is 2990. The van der Waals surface area contributed by atoms with E-state index in [1.807, 2.05) is 0 Å². The summed E-state index contributed by atoms with van der Waals surface area (Å²) in [4.78, 5) is 0. The van der Waals surface area contributed by atoms with Crippen LogP contribution in [0.5, 0.6) is 0 Å². The molecule has 0 saturated carbocycles. The Hall–Kier alpha value is -5.86. The fourth-order valence-corrected chi connectivity index (χ4v) is 10.1. The van der Waals surface area contributed by atoms with Crippen molar-refractivity contribution in [2.45, 2.75) is 41.5 Å². The maximum absolute atomic E-state index is 2.55. The van der Waals surface area contributed by atoms with Crippen LogP contribution in [0.3, 0.4) is 0 Å². The standard InChI is InChI=1S/C48H36N2/c1-25-19-27(3)43(28(4)20-25)35-17-15-31-37-23-42-38(24-41(37)49-39-13-9-7-11-33(39)45(35)47(31)49)32-16-18-36(44-29(5)21-26(2)22-30(44)6)46-34-12-8-10-14-40(34)50(42)48(32)46/h7-24H,1-6H3. The average molecular weight is 641 g/mol. The summed E-state index contributed by atoms with van der Waals surface area (Å²) in [5, 5.41) is 10.6. The molecule has 2 heteroatoms. The number of aromatic nitrogens is 2. The normalized spacial score (nSPS) is 12.6. The minimum absolute atomic E-state index is 1.27. The first kappa shape index (κ1) is 28.0. The van der Waals surface area contributed by atoms with Gasteiger partial charge in [-0.3, -0.25) is 0 Å². The molecular formula is C48H36N2. The molecular weight excluding hydrogens is 605 g/mol. The number of fused-ring (bicyclic) bond motifs is 12. The number of hydrogen-bond acceptors (Lipinski definition) is 0. The number of rotatable bonds is 2. The third-order valence-electron chi connectivity index (χ3n) is 11.7. The Morgan fingerprint density at radius 1 is 0.340 bits per heavy atom. The maximum atomic E-state index is 2.55. The monoisotopic (exact) mass is 640 g/mol. The Labute approximate surface area is 290 Å². The molecule has 11 rings (SSSR count). The highest BCUT2D eigenvalue weighted by molar-refractivity contribution is 6.32. The topological polar surface area (TPSA) is 8.82 Å². The lowest BCUT2D eigenvalue weighted by Crippen LogP contribution is -1.91. The highest BCUT2D eigenvalue weighted by Crippen LogP contribution is 2.49. The van der Waals surface area contributed by atoms with Gasteiger partial charge in [-0.2, -0.15) is 0 Å². The van der Waals surface area contributed by atoms with Gasteiger partial charge >= 0.3 is 0 Å². The zero-order valence-corrected chi connectivity index (χ0v) is 29.3. The summed E-state index contributed by atoms with van der Waals surface area (Å²) in [6, 6.07) is 41.8. The third kappa shape index (κ3) is 3.34. The summed E-state index contributed by atoms with van der Waals surface area (Å²) in [5.74, 6) is 0. The number of aryl methyl sites for hydroxylation is 6. The van der Waals surface area contributed by atoms with E-state index in [0.29, 0.717) is 0 Å². The molecule has 50 heavy (non-hydrogen) atoms. The van der Waals surface area contributed by atoms with Crippen molar-refractivity contribution in [3.63, 3.8) is 0 Å². The van der Waals surface area contributed by atoms with E-state index < -0.39 is 0 Å². The van der Waals surface area contributed by atoms with E-state index in [9.17, 15) is 0 Å². The second kappa shape index (κ2) is 9.43. The lowest BCUT2D eigenvalue weighted by atomic mass is 9.90. The van der Waals surface area contributed by atoms with Crippen molar-refractivity contribution < 1.29 is 0 Å². The van der Waals surface area contributed by atoms with Crippen molar-refractivity contribution in [3.05, 3.63) is 143 Å². The van der Waals surface area contributed by atoms with Gasteiger partial charge in [-0.15, -0.1) is 0 Å². The van der Waals surface area contributed by atoms with E-state index in [-0.39, 0.29) is 0 Å². The zero-order chi connectivity index (χ0) is 33.7. The molecule has 0 radical (unpaired) electrons. The van der Waals surface area contributed by atoms with Crippen LogP contribution in [0.1, 0.15) is 33.4 Å². The van der Waals surface area contributed by atoms with Crippen LogP contribution >= 0.6 is 0 Å². The number of para-hydroxylation sites is 2. The molecule has 0 saturated heterocycles. The summed E-state index contributed by atoms with van der Waals surface area (Å²) in [6.07, 6.45) is 0. The first-order chi connectivity index (χ1) is 24.3. The largest absolute Gasteiger partial charge is 0.308 e. The van der Waals surface area contributed by atoms with E-state index >= 15 is 0 Å². The highest BCUT2D eigenvalue weighted by Gasteiger charge is 2.26. The highest BCUT2D eigenvalue weighted by atomic mass is 14.9. The van der Waals surface area contributed by atoms with Gasteiger partial charge in [0.2, 0.25) is 0 Å². The predicted octanol–water partition coefficient (Wildman–Crippen LogP) is 13.2. The molecule has 0 bridgehead atoms. The van der Waals surface area contributed by atoms with Gasteiger partial charge in [0, 0.05) is 43.1 Å². The number of benzene rings is 7. The van der Waals surface area contributed by atoms with Crippen LogP contribution < -0.4 is 0 Å². The fraction of sp³-hybridized carbons (Fsp3) is 0.125. The van der Waals surface area contributed by atoms with Crippen LogP contribution in [0.2, 0.25) is 0 Å². The van der Waals surface area contributed by atoms with Gasteiger partial charge in [0.1, 0.15) is 0 Å². The molecule has 0 spiro atoms. The first-order valence-electron chi connectivity index (χ1n) is 17.8. The van der Waals surface area contributed by atoms with Gasteiger partial charge in [-0.1, -0.05) is 96.1 Å². The van der Waals surface area contributed by atoms with Crippen molar-refractivity contribution in [2.75, 3.05) is 0 Å². The molecule has 0 aliphatic rings. The summed E-state index contributed by atoms with van der Waals surface area (Å²) < 4.78 is 5.10. The van der Waals surface area contributed by atoms with Crippen molar-refractivity contribution in [1.82, 2.24) is 8.80 Å². The van der Waals surface area contributed by atoms with E-state index in [0.717, 1.165) is 0 Å². The molecule has 0 unspecified atom stereocenters. The molecule has 0 N–H and O–H groups in total. The van der Waals surface area contributed by atoms with Gasteiger partial charge in [0.05, 0.1) is 33.1 Å². The van der Waals surface area contributed by atoms with Crippen molar-refractivity contribution >= 4 is 76.2 Å². The van der Waals surface area contributed by atoms with Crippen molar-refractivity contribution in [2.24, 2.45) is 0 Å². The van der Waals surface area contributed by atoms with Crippen LogP contribution in [0.4, 0.5) is 0 Å². The van der Waals surface area contributed by atoms with Crippen molar-refractivity contribution in [1.29, 1.82) is 0 Å². The fourth-order valence-electron chi connectivity index (χ4n) is 10.1. The first-order valence-corrected chi connectivity index (χ1v) is 17.8. The van der Waals surface area contributed by atoms with Crippen LogP contribution in [-0.2, 0) is 0 Å². The minimum Gasteiger partial charge on any atom is -0.308 e. The van der Waals surface area contributed by atoms with Gasteiger partial charge in [0.25, 0.3) is 0 Å². The Kier molecular flexibility index (Phi) is 5.28. The van der Waals surface area contributed by atoms with Gasteiger partial charge in [-0.25, -0.2) is 0 Å². The number of nitrogens with zero attached hydrogens (tertiary/aromatic N) is 2. The molecule has 238 valence electrons. The van der Waals surface area contributed by atoms with Gasteiger partial charge in [-0.05, 0) is 110 Å². The average Bonchev–Trinajstić information content (AvgIpc) is 3.80. The zero-order valence-electron chi connectivity index (χ0n) is 29.3. The summed E-state index contributed by atoms with van der Waals surface area (Å²) in [6.45, 7) is 13.5. The second-order valence-electron chi connectivity index (χ2n) is 14.9. The molecule has 0 aliphatic heterocycles. The summed E-state index contributed by atoms with van der Waals surface area (Å²) >= 11 is 0. The number of hydrogen-bond donors (Lipinski definition) is 0. The second-order valence-corrected chi connectivity index (χ2v) is 14.9. The smallest absolute Gasteiger partial charge is 0.0626 e. The molecule has 4 heterocycles. The van der Waals surface area contributed by atoms with E-state index in [4.69, 9.17) is 0 Å². The molecule has 4 aromatic heterocycles. The lowest BCUT2D eigenvalue weighted by Gasteiger charge is -2.13. The van der Waals surface area contributed by atoms with Crippen LogP contribution in [0.25, 0.3) is 98.4 Å². The Morgan fingerprint density at radius 3 is 1.12 bits per heavy atom. The van der Waals surface area contributed by atoms with Crippen LogP contribution in [-0.4, -0.2) is 8.80 Å². The molecule has 11 aromatic rings. The molecule has 7 aromatic carbocycles. The predicted molar refractivity (Wildman–Crippen MR) is 215 cm³/mol. The van der Waals surface area contributed by atoms with Gasteiger partial charge in [0.15, 0.2) is 0 Å². The molecule has 2 nitrogen and oxygen atoms in total. The van der Waals surface area contributed by atoms with Crippen molar-refractivity contribution in [3.8, 4) is 22.3 Å². The van der Waals surface area contributed by atoms with Crippen LogP contribution in [0, 0.1) is 41.5 Å². The molecule has 0 fully saturated rings. The Balaban J connectivity index is 1.31. The summed E-state index contributed by atoms with van der Waals surface area (Å²) in [7, 11) is 0. The van der Waals surface area contributed by atoms with Crippen LogP contribution in [0.15, 0.2) is 109 Å².